The Morgan fingerprint density at radius 2 is 2.37 bits per heavy atom. The van der Waals surface area contributed by atoms with Crippen LogP contribution in [0.15, 0.2) is 28.2 Å². The summed E-state index contributed by atoms with van der Waals surface area (Å²) in [6, 6.07) is 5.59. The van der Waals surface area contributed by atoms with Crippen LogP contribution in [0.1, 0.15) is 25.3 Å². The molecule has 0 saturated carbocycles. The highest BCUT2D eigenvalue weighted by Crippen LogP contribution is 2.27. The lowest BCUT2D eigenvalue weighted by molar-refractivity contribution is -0.115. The Hall–Kier alpha value is -2.26. The minimum Gasteiger partial charge on any atom is -0.495 e. The number of anilines is 1. The van der Waals surface area contributed by atoms with Crippen molar-refractivity contribution in [2.24, 2.45) is 0 Å². The predicted octanol–water partition coefficient (Wildman–Crippen LogP) is 2.19. The maximum absolute atomic E-state index is 12.6. The van der Waals surface area contributed by atoms with Crippen LogP contribution in [-0.4, -0.2) is 45.7 Å². The minimum atomic E-state index is -0.450. The van der Waals surface area contributed by atoms with Crippen LogP contribution in [0.5, 0.6) is 5.75 Å². The van der Waals surface area contributed by atoms with Crippen molar-refractivity contribution in [3.8, 4) is 5.75 Å². The van der Waals surface area contributed by atoms with E-state index in [-0.39, 0.29) is 17.7 Å². The summed E-state index contributed by atoms with van der Waals surface area (Å²) in [5, 5.41) is 9.44. The van der Waals surface area contributed by atoms with Gasteiger partial charge in [0.25, 0.3) is 0 Å². The Balaban J connectivity index is 1.68. The van der Waals surface area contributed by atoms with Gasteiger partial charge >= 0.3 is 5.69 Å². The Bertz CT molecular complexity index is 857. The summed E-state index contributed by atoms with van der Waals surface area (Å²) in [4.78, 5) is 24.7. The number of rotatable bonds is 7. The molecule has 2 heterocycles. The first-order valence-electron chi connectivity index (χ1n) is 8.87. The minimum absolute atomic E-state index is 0.0142. The average molecular weight is 392 g/mol. The van der Waals surface area contributed by atoms with Crippen LogP contribution in [0.2, 0.25) is 0 Å². The number of carbonyl (C=O) groups is 1. The van der Waals surface area contributed by atoms with Crippen molar-refractivity contribution in [3.63, 3.8) is 0 Å². The highest BCUT2D eigenvalue weighted by molar-refractivity contribution is 8.00. The molecule has 1 fully saturated rings. The predicted molar refractivity (Wildman–Crippen MR) is 104 cm³/mol. The number of nitrogens with zero attached hydrogens (tertiary/aromatic N) is 2. The molecule has 9 heteroatoms. The first-order valence-corrected chi connectivity index (χ1v) is 9.75. The normalized spacial score (nSPS) is 17.7. The molecule has 0 bridgehead atoms. The highest BCUT2D eigenvalue weighted by atomic mass is 32.2. The van der Waals surface area contributed by atoms with Crippen LogP contribution in [0.4, 0.5) is 5.69 Å². The number of aromatic amines is 1. The molecular weight excluding hydrogens is 368 g/mol. The third-order valence-electron chi connectivity index (χ3n) is 4.40. The van der Waals surface area contributed by atoms with Crippen molar-refractivity contribution in [2.45, 2.75) is 49.7 Å². The number of nitrogens with one attached hydrogen (secondary N) is 2. The van der Waals surface area contributed by atoms with Crippen molar-refractivity contribution in [1.82, 2.24) is 14.8 Å². The van der Waals surface area contributed by atoms with Crippen molar-refractivity contribution in [3.05, 3.63) is 34.2 Å². The van der Waals surface area contributed by atoms with Crippen LogP contribution >= 0.6 is 11.8 Å². The smallest absolute Gasteiger partial charge is 0.344 e. The number of hydrogen-bond donors (Lipinski definition) is 2. The quantitative estimate of drug-likeness (QED) is 0.701. The van der Waals surface area contributed by atoms with Gasteiger partial charge < -0.3 is 14.8 Å². The molecule has 2 atom stereocenters. The first-order chi connectivity index (χ1) is 13.0. The molecule has 0 spiro atoms. The number of thioether (sulfide) groups is 1. The van der Waals surface area contributed by atoms with Gasteiger partial charge in [-0.3, -0.25) is 9.36 Å². The van der Waals surface area contributed by atoms with Crippen LogP contribution in [0.3, 0.4) is 0 Å². The lowest BCUT2D eigenvalue weighted by Gasteiger charge is -2.15. The zero-order valence-corrected chi connectivity index (χ0v) is 16.5. The molecular formula is C18H24N4O4S. The van der Waals surface area contributed by atoms with Crippen molar-refractivity contribution in [2.75, 3.05) is 19.0 Å². The number of ether oxygens (including phenoxy) is 2. The lowest BCUT2D eigenvalue weighted by Crippen LogP contribution is -2.27. The summed E-state index contributed by atoms with van der Waals surface area (Å²) >= 11 is 1.23. The monoisotopic (exact) mass is 392 g/mol. The molecule has 1 aromatic carbocycles. The molecule has 27 heavy (non-hydrogen) atoms. The van der Waals surface area contributed by atoms with Gasteiger partial charge in [-0.2, -0.15) is 0 Å². The number of hydrogen-bond acceptors (Lipinski definition) is 6. The third-order valence-corrected chi connectivity index (χ3v) is 5.49. The topological polar surface area (TPSA) is 98.2 Å². The van der Waals surface area contributed by atoms with E-state index >= 15 is 0 Å². The number of benzene rings is 1. The fourth-order valence-corrected chi connectivity index (χ4v) is 3.78. The Kier molecular flexibility index (Phi) is 6.22. The maximum Gasteiger partial charge on any atom is 0.344 e. The Labute approximate surface area is 161 Å². The van der Waals surface area contributed by atoms with E-state index < -0.39 is 5.25 Å². The van der Waals surface area contributed by atoms with Crippen molar-refractivity contribution < 1.29 is 14.3 Å². The van der Waals surface area contributed by atoms with Crippen LogP contribution in [0, 0.1) is 6.92 Å². The van der Waals surface area contributed by atoms with Crippen molar-refractivity contribution in [1.29, 1.82) is 0 Å². The molecule has 1 aromatic heterocycles. The second kappa shape index (κ2) is 8.62. The van der Waals surface area contributed by atoms with E-state index in [1.807, 2.05) is 25.1 Å². The zero-order chi connectivity index (χ0) is 19.4. The second-order valence-corrected chi connectivity index (χ2v) is 7.82. The summed E-state index contributed by atoms with van der Waals surface area (Å²) in [6.45, 7) is 4.88. The lowest BCUT2D eigenvalue weighted by atomic mass is 10.2. The van der Waals surface area contributed by atoms with Gasteiger partial charge in [-0.25, -0.2) is 9.89 Å². The van der Waals surface area contributed by atoms with Gasteiger partial charge in [-0.05, 0) is 44.4 Å². The largest absolute Gasteiger partial charge is 0.495 e. The molecule has 1 saturated heterocycles. The van der Waals surface area contributed by atoms with E-state index in [1.165, 1.54) is 16.3 Å². The number of aromatic nitrogens is 3. The van der Waals surface area contributed by atoms with Gasteiger partial charge in [-0.1, -0.05) is 17.8 Å². The van der Waals surface area contributed by atoms with E-state index in [0.717, 1.165) is 25.0 Å². The molecule has 1 aliphatic rings. The zero-order valence-electron chi connectivity index (χ0n) is 15.7. The molecule has 1 amide bonds. The SMILES string of the molecule is COc1ccc(C)cc1NC(=O)[C@H](C)Sc1n[nH]c(=O)n1C[C@H]1CCCO1. The van der Waals surface area contributed by atoms with Crippen LogP contribution in [0.25, 0.3) is 0 Å². The third kappa shape index (κ3) is 4.72. The van der Waals surface area contributed by atoms with Gasteiger partial charge in [0.2, 0.25) is 5.91 Å². The number of methoxy groups -OCH3 is 1. The molecule has 0 radical (unpaired) electrons. The van der Waals surface area contributed by atoms with E-state index in [0.29, 0.717) is 23.1 Å². The van der Waals surface area contributed by atoms with Crippen LogP contribution in [-0.2, 0) is 16.1 Å². The maximum atomic E-state index is 12.6. The molecule has 8 nitrogen and oxygen atoms in total. The molecule has 0 unspecified atom stereocenters. The summed E-state index contributed by atoms with van der Waals surface area (Å²) < 4.78 is 12.4. The van der Waals surface area contributed by atoms with E-state index in [1.54, 1.807) is 14.0 Å². The van der Waals surface area contributed by atoms with Gasteiger partial charge in [0, 0.05) is 6.61 Å². The van der Waals surface area contributed by atoms with Gasteiger partial charge in [0.15, 0.2) is 5.16 Å². The Morgan fingerprint density at radius 3 is 3.07 bits per heavy atom. The molecule has 146 valence electrons. The van der Waals surface area contributed by atoms with Gasteiger partial charge in [0.05, 0.1) is 30.7 Å². The summed E-state index contributed by atoms with van der Waals surface area (Å²) in [5.74, 6) is 0.407. The van der Waals surface area contributed by atoms with E-state index in [9.17, 15) is 9.59 Å². The summed E-state index contributed by atoms with van der Waals surface area (Å²) in [6.07, 6.45) is 1.93. The standard InChI is InChI=1S/C18H24N4O4S/c1-11-6-7-15(25-3)14(9-11)19-16(23)12(2)27-18-21-20-17(24)22(18)10-13-5-4-8-26-13/h6-7,9,12-13H,4-5,8,10H2,1-3H3,(H,19,23)(H,20,24)/t12-,13+/m0/s1. The molecule has 2 aromatic rings. The second-order valence-electron chi connectivity index (χ2n) is 6.51. The summed E-state index contributed by atoms with van der Waals surface area (Å²) in [5.41, 5.74) is 1.35. The average Bonchev–Trinajstić information content (AvgIpc) is 3.27. The highest BCUT2D eigenvalue weighted by Gasteiger charge is 2.23. The number of H-pyrrole nitrogens is 1. The number of aryl methyl sites for hydroxylation is 1. The van der Waals surface area contributed by atoms with Gasteiger partial charge in [0.1, 0.15) is 5.75 Å². The molecule has 0 aliphatic carbocycles. The number of amides is 1. The summed E-state index contributed by atoms with van der Waals surface area (Å²) in [7, 11) is 1.56. The van der Waals surface area contributed by atoms with E-state index in [4.69, 9.17) is 9.47 Å². The van der Waals surface area contributed by atoms with Gasteiger partial charge in [-0.15, -0.1) is 5.10 Å². The Morgan fingerprint density at radius 1 is 1.56 bits per heavy atom. The fourth-order valence-electron chi connectivity index (χ4n) is 2.91. The number of carbonyl (C=O) groups excluding carboxylic acids is 1. The van der Waals surface area contributed by atoms with Crippen LogP contribution < -0.4 is 15.7 Å². The fraction of sp³-hybridized carbons (Fsp3) is 0.500. The van der Waals surface area contributed by atoms with Crippen molar-refractivity contribution >= 4 is 23.4 Å². The molecule has 2 N–H and O–H groups in total. The molecule has 1 aliphatic heterocycles. The van der Waals surface area contributed by atoms with E-state index in [2.05, 4.69) is 15.5 Å². The first kappa shape index (κ1) is 19.5. The molecule has 3 rings (SSSR count).